The first-order valence-electron chi connectivity index (χ1n) is 15.9. The fourth-order valence-electron chi connectivity index (χ4n) is 6.21. The molecule has 4 aromatic rings. The summed E-state index contributed by atoms with van der Waals surface area (Å²) < 4.78 is 36.2. The van der Waals surface area contributed by atoms with Gasteiger partial charge in [-0.3, -0.25) is 0 Å². The van der Waals surface area contributed by atoms with Gasteiger partial charge in [-0.2, -0.15) is 0 Å². The first kappa shape index (κ1) is 34.8. The maximum atomic E-state index is 11.8. The maximum absolute atomic E-state index is 11.8. The van der Waals surface area contributed by atoms with E-state index in [4.69, 9.17) is 28.1 Å². The van der Waals surface area contributed by atoms with Crippen LogP contribution in [-0.2, 0) is 31.9 Å². The Hall–Kier alpha value is -3.54. The summed E-state index contributed by atoms with van der Waals surface area (Å²) >= 11 is 0. The molecule has 0 aromatic heterocycles. The monoisotopic (exact) mass is 658 g/mol. The van der Waals surface area contributed by atoms with E-state index < -0.39 is 39.0 Å². The van der Waals surface area contributed by atoms with Gasteiger partial charge in [-0.05, 0) is 50.8 Å². The second kappa shape index (κ2) is 15.6. The van der Waals surface area contributed by atoms with Gasteiger partial charge in [-0.15, -0.1) is 0 Å². The molecule has 3 unspecified atom stereocenters. The molecule has 1 fully saturated rings. The standard InChI is InChI=1S/C38H46O8Si/c1-38(2,3)47(31-12-8-6-9-13-31,32-14-10-7-11-15-32)45-26-33-34(39)35(43-24-27-16-20-29(41-4)21-17-27)36(37(40)46-33)44-25-28-18-22-30(42-5)23-19-28/h6-23,33-37,39-40H,24-26H2,1-5H3/t33?,34-,35?,36?,37+/m1/s1. The van der Waals surface area contributed by atoms with Gasteiger partial charge in [0.15, 0.2) is 6.29 Å². The molecule has 2 N–H and O–H groups in total. The third-order valence-corrected chi connectivity index (χ3v) is 13.7. The van der Waals surface area contributed by atoms with Crippen LogP contribution in [0, 0.1) is 0 Å². The number of hydrogen-bond donors (Lipinski definition) is 2. The van der Waals surface area contributed by atoms with Gasteiger partial charge < -0.3 is 38.3 Å². The second-order valence-corrected chi connectivity index (χ2v) is 17.1. The van der Waals surface area contributed by atoms with Crippen molar-refractivity contribution < 1.29 is 38.3 Å². The average molecular weight is 659 g/mol. The molecule has 5 rings (SSSR count). The largest absolute Gasteiger partial charge is 0.497 e. The molecule has 250 valence electrons. The summed E-state index contributed by atoms with van der Waals surface area (Å²) in [5, 5.41) is 25.1. The number of aliphatic hydroxyl groups excluding tert-OH is 2. The van der Waals surface area contributed by atoms with Crippen molar-refractivity contribution in [1.29, 1.82) is 0 Å². The molecule has 0 saturated carbocycles. The van der Waals surface area contributed by atoms with E-state index in [-0.39, 0.29) is 24.9 Å². The Labute approximate surface area is 278 Å². The van der Waals surface area contributed by atoms with Gasteiger partial charge in [-0.25, -0.2) is 0 Å². The highest BCUT2D eigenvalue weighted by Gasteiger charge is 2.52. The first-order valence-corrected chi connectivity index (χ1v) is 17.8. The topological polar surface area (TPSA) is 95.8 Å². The third-order valence-electron chi connectivity index (χ3n) is 8.72. The molecule has 0 radical (unpaired) electrons. The van der Waals surface area contributed by atoms with Crippen LogP contribution < -0.4 is 19.8 Å². The van der Waals surface area contributed by atoms with Crippen molar-refractivity contribution in [3.8, 4) is 11.5 Å². The van der Waals surface area contributed by atoms with E-state index in [2.05, 4.69) is 45.0 Å². The SMILES string of the molecule is COc1ccc(COC2C(OCc3ccc(OC)cc3)[C@@H](O)OC(CO[Si](c3ccccc3)(c3ccccc3)C(C)(C)C)[C@H]2O)cc1. The van der Waals surface area contributed by atoms with Crippen LogP contribution in [0.5, 0.6) is 11.5 Å². The van der Waals surface area contributed by atoms with Crippen molar-refractivity contribution >= 4 is 18.7 Å². The molecule has 1 aliphatic rings. The number of ether oxygens (including phenoxy) is 5. The molecule has 5 atom stereocenters. The fourth-order valence-corrected chi connectivity index (χ4v) is 10.8. The quantitative estimate of drug-likeness (QED) is 0.198. The second-order valence-electron chi connectivity index (χ2n) is 12.8. The van der Waals surface area contributed by atoms with Crippen LogP contribution in [0.3, 0.4) is 0 Å². The molecular formula is C38H46O8Si. The van der Waals surface area contributed by atoms with Crippen molar-refractivity contribution in [2.75, 3.05) is 20.8 Å². The lowest BCUT2D eigenvalue weighted by Crippen LogP contribution is -2.68. The highest BCUT2D eigenvalue weighted by molar-refractivity contribution is 6.99. The van der Waals surface area contributed by atoms with E-state index in [1.54, 1.807) is 14.2 Å². The third kappa shape index (κ3) is 7.96. The summed E-state index contributed by atoms with van der Waals surface area (Å²) in [6.45, 7) is 6.97. The van der Waals surface area contributed by atoms with Crippen molar-refractivity contribution in [2.24, 2.45) is 0 Å². The lowest BCUT2D eigenvalue weighted by atomic mass is 9.98. The number of aliphatic hydroxyl groups is 2. The zero-order valence-electron chi connectivity index (χ0n) is 27.7. The molecule has 0 amide bonds. The van der Waals surface area contributed by atoms with Crippen LogP contribution in [-0.4, -0.2) is 70.1 Å². The number of benzene rings is 4. The summed E-state index contributed by atoms with van der Waals surface area (Å²) in [7, 11) is 0.290. The highest BCUT2D eigenvalue weighted by atomic mass is 28.4. The van der Waals surface area contributed by atoms with E-state index in [9.17, 15) is 10.2 Å². The molecule has 47 heavy (non-hydrogen) atoms. The van der Waals surface area contributed by atoms with Crippen LogP contribution in [0.2, 0.25) is 5.04 Å². The zero-order chi connectivity index (χ0) is 33.4. The van der Waals surface area contributed by atoms with Crippen LogP contribution in [0.1, 0.15) is 31.9 Å². The van der Waals surface area contributed by atoms with Crippen molar-refractivity contribution in [2.45, 2.75) is 69.7 Å². The Morgan fingerprint density at radius 3 is 1.51 bits per heavy atom. The van der Waals surface area contributed by atoms with Gasteiger partial charge in [0.05, 0.1) is 34.0 Å². The van der Waals surface area contributed by atoms with Crippen molar-refractivity contribution in [3.05, 3.63) is 120 Å². The van der Waals surface area contributed by atoms with Gasteiger partial charge in [0, 0.05) is 0 Å². The van der Waals surface area contributed by atoms with E-state index in [1.807, 2.05) is 84.9 Å². The Kier molecular flexibility index (Phi) is 11.5. The Morgan fingerprint density at radius 1 is 0.638 bits per heavy atom. The molecule has 0 spiro atoms. The molecule has 4 aromatic carbocycles. The maximum Gasteiger partial charge on any atom is 0.261 e. The Balaban J connectivity index is 1.41. The minimum atomic E-state index is -2.94. The van der Waals surface area contributed by atoms with Crippen LogP contribution in [0.15, 0.2) is 109 Å². The van der Waals surface area contributed by atoms with Crippen molar-refractivity contribution in [1.82, 2.24) is 0 Å². The summed E-state index contributed by atoms with van der Waals surface area (Å²) in [6, 6.07) is 35.5. The average Bonchev–Trinajstić information content (AvgIpc) is 3.09. The van der Waals surface area contributed by atoms with Crippen molar-refractivity contribution in [3.63, 3.8) is 0 Å². The van der Waals surface area contributed by atoms with Gasteiger partial charge in [0.1, 0.15) is 35.9 Å². The number of methoxy groups -OCH3 is 2. The van der Waals surface area contributed by atoms with Crippen LogP contribution in [0.25, 0.3) is 0 Å². The van der Waals surface area contributed by atoms with Crippen LogP contribution in [0.4, 0.5) is 0 Å². The number of hydrogen-bond acceptors (Lipinski definition) is 8. The summed E-state index contributed by atoms with van der Waals surface area (Å²) in [6.07, 6.45) is -5.28. The van der Waals surface area contributed by atoms with Gasteiger partial charge in [0.2, 0.25) is 0 Å². The molecule has 1 heterocycles. The Bertz CT molecular complexity index is 1470. The summed E-state index contributed by atoms with van der Waals surface area (Å²) in [4.78, 5) is 0. The highest BCUT2D eigenvalue weighted by Crippen LogP contribution is 2.38. The van der Waals surface area contributed by atoms with Crippen LogP contribution >= 0.6 is 0 Å². The molecule has 1 saturated heterocycles. The number of rotatable bonds is 13. The smallest absolute Gasteiger partial charge is 0.261 e. The van der Waals surface area contributed by atoms with Gasteiger partial charge in [0.25, 0.3) is 8.32 Å². The molecule has 0 aliphatic carbocycles. The zero-order valence-corrected chi connectivity index (χ0v) is 28.7. The lowest BCUT2D eigenvalue weighted by molar-refractivity contribution is -0.306. The van der Waals surface area contributed by atoms with E-state index in [0.717, 1.165) is 33.0 Å². The molecular weight excluding hydrogens is 612 g/mol. The minimum Gasteiger partial charge on any atom is -0.497 e. The predicted molar refractivity (Wildman–Crippen MR) is 184 cm³/mol. The normalized spacial score (nSPS) is 21.7. The van der Waals surface area contributed by atoms with E-state index >= 15 is 0 Å². The molecule has 9 heteroatoms. The fraction of sp³-hybridized carbons (Fsp3) is 0.368. The molecule has 0 bridgehead atoms. The van der Waals surface area contributed by atoms with Gasteiger partial charge in [-0.1, -0.05) is 106 Å². The van der Waals surface area contributed by atoms with Gasteiger partial charge >= 0.3 is 0 Å². The lowest BCUT2D eigenvalue weighted by Gasteiger charge is -2.46. The summed E-state index contributed by atoms with van der Waals surface area (Å²) in [5.74, 6) is 1.46. The summed E-state index contributed by atoms with van der Waals surface area (Å²) in [5.41, 5.74) is 1.76. The van der Waals surface area contributed by atoms with E-state index in [0.29, 0.717) is 0 Å². The predicted octanol–water partition coefficient (Wildman–Crippen LogP) is 4.83. The van der Waals surface area contributed by atoms with E-state index in [1.165, 1.54) is 0 Å². The molecule has 8 nitrogen and oxygen atoms in total. The molecule has 1 aliphatic heterocycles. The minimum absolute atomic E-state index is 0.0408. The Morgan fingerprint density at radius 2 is 1.09 bits per heavy atom. The first-order chi connectivity index (χ1) is 22.7.